The summed E-state index contributed by atoms with van der Waals surface area (Å²) < 4.78 is 4.73. The number of nitrogens with two attached hydrogens (primary N) is 1. The van der Waals surface area contributed by atoms with E-state index in [1.807, 2.05) is 0 Å². The molecule has 0 unspecified atom stereocenters. The Morgan fingerprint density at radius 1 is 1.69 bits per heavy atom. The van der Waals surface area contributed by atoms with Gasteiger partial charge in [-0.25, -0.2) is 4.79 Å². The van der Waals surface area contributed by atoms with Gasteiger partial charge in [-0.1, -0.05) is 5.16 Å². The number of carboxylic acids is 1. The molecular weight excluding hydrogens is 196 g/mol. The number of nitrogens with zero attached hydrogens (tertiary/aromatic N) is 1. The third-order valence-electron chi connectivity index (χ3n) is 1.36. The van der Waals surface area contributed by atoms with Crippen LogP contribution in [0, 0.1) is 0 Å². The SMILES string of the molecule is CC(C)(N)c1cc(C(=O)O)no1.Cl. The van der Waals surface area contributed by atoms with Crippen molar-refractivity contribution in [1.29, 1.82) is 0 Å². The summed E-state index contributed by atoms with van der Waals surface area (Å²) in [5.41, 5.74) is 4.83. The van der Waals surface area contributed by atoms with Crippen LogP contribution >= 0.6 is 12.4 Å². The Kier molecular flexibility index (Phi) is 3.45. The Balaban J connectivity index is 0.00000144. The molecule has 0 fully saturated rings. The lowest BCUT2D eigenvalue weighted by Crippen LogP contribution is -2.27. The molecule has 0 aliphatic carbocycles. The molecule has 13 heavy (non-hydrogen) atoms. The van der Waals surface area contributed by atoms with Gasteiger partial charge in [-0.2, -0.15) is 0 Å². The van der Waals surface area contributed by atoms with Crippen molar-refractivity contribution in [1.82, 2.24) is 5.16 Å². The van der Waals surface area contributed by atoms with Gasteiger partial charge in [-0.05, 0) is 13.8 Å². The highest BCUT2D eigenvalue weighted by Gasteiger charge is 2.21. The van der Waals surface area contributed by atoms with Crippen LogP contribution in [0.1, 0.15) is 30.1 Å². The standard InChI is InChI=1S/C7H10N2O3.ClH/c1-7(2,8)5-3-4(6(10)11)9-12-5;/h3H,8H2,1-2H3,(H,10,11);1H. The quantitative estimate of drug-likeness (QED) is 0.753. The zero-order valence-electron chi connectivity index (χ0n) is 7.27. The van der Waals surface area contributed by atoms with Gasteiger partial charge in [0.2, 0.25) is 0 Å². The minimum Gasteiger partial charge on any atom is -0.476 e. The molecule has 0 atom stereocenters. The van der Waals surface area contributed by atoms with E-state index in [1.54, 1.807) is 13.8 Å². The highest BCUT2D eigenvalue weighted by molar-refractivity contribution is 5.85. The van der Waals surface area contributed by atoms with E-state index < -0.39 is 11.5 Å². The maximum atomic E-state index is 10.4. The minimum atomic E-state index is -1.12. The van der Waals surface area contributed by atoms with Gasteiger partial charge in [0, 0.05) is 6.07 Å². The molecule has 1 aromatic heterocycles. The molecule has 1 rings (SSSR count). The highest BCUT2D eigenvalue weighted by Crippen LogP contribution is 2.17. The van der Waals surface area contributed by atoms with Crippen LogP contribution in [0.4, 0.5) is 0 Å². The zero-order valence-corrected chi connectivity index (χ0v) is 8.09. The van der Waals surface area contributed by atoms with Crippen molar-refractivity contribution in [3.8, 4) is 0 Å². The minimum absolute atomic E-state index is 0. The summed E-state index contributed by atoms with van der Waals surface area (Å²) in [6.45, 7) is 3.41. The average Bonchev–Trinajstić information content (AvgIpc) is 2.30. The van der Waals surface area contributed by atoms with Gasteiger partial charge in [0.25, 0.3) is 0 Å². The largest absolute Gasteiger partial charge is 0.476 e. The van der Waals surface area contributed by atoms with Crippen LogP contribution < -0.4 is 5.73 Å². The summed E-state index contributed by atoms with van der Waals surface area (Å²) in [6, 6.07) is 1.32. The third kappa shape index (κ3) is 2.71. The van der Waals surface area contributed by atoms with Crippen LogP contribution in [0.2, 0.25) is 0 Å². The molecule has 5 nitrogen and oxygen atoms in total. The van der Waals surface area contributed by atoms with Crippen LogP contribution in [0.5, 0.6) is 0 Å². The van der Waals surface area contributed by atoms with Crippen molar-refractivity contribution in [3.63, 3.8) is 0 Å². The average molecular weight is 207 g/mol. The maximum absolute atomic E-state index is 10.4. The number of halogens is 1. The fourth-order valence-electron chi connectivity index (χ4n) is 0.680. The molecule has 1 aromatic rings. The Bertz CT molecular complexity index is 303. The van der Waals surface area contributed by atoms with E-state index in [9.17, 15) is 4.79 Å². The second-order valence-corrected chi connectivity index (χ2v) is 3.10. The molecule has 6 heteroatoms. The Labute approximate surface area is 81.3 Å². The van der Waals surface area contributed by atoms with Gasteiger partial charge >= 0.3 is 5.97 Å². The summed E-state index contributed by atoms with van der Waals surface area (Å²) in [4.78, 5) is 10.4. The van der Waals surface area contributed by atoms with E-state index in [4.69, 9.17) is 15.4 Å². The number of rotatable bonds is 2. The Morgan fingerprint density at radius 2 is 2.23 bits per heavy atom. The van der Waals surface area contributed by atoms with E-state index in [-0.39, 0.29) is 18.1 Å². The smallest absolute Gasteiger partial charge is 0.358 e. The lowest BCUT2D eigenvalue weighted by Gasteiger charge is -2.12. The second kappa shape index (κ2) is 3.76. The van der Waals surface area contributed by atoms with Crippen LogP contribution in [0.15, 0.2) is 10.6 Å². The van der Waals surface area contributed by atoms with Crippen molar-refractivity contribution < 1.29 is 14.4 Å². The third-order valence-corrected chi connectivity index (χ3v) is 1.36. The normalized spacial score (nSPS) is 10.7. The molecule has 0 saturated carbocycles. The first-order valence-corrected chi connectivity index (χ1v) is 3.40. The molecule has 0 spiro atoms. The number of hydrogen-bond donors (Lipinski definition) is 2. The summed E-state index contributed by atoms with van der Waals surface area (Å²) >= 11 is 0. The fraction of sp³-hybridized carbons (Fsp3) is 0.429. The molecule has 74 valence electrons. The monoisotopic (exact) mass is 206 g/mol. The number of hydrogen-bond acceptors (Lipinski definition) is 4. The fourth-order valence-corrected chi connectivity index (χ4v) is 0.680. The molecular formula is C7H11ClN2O3. The van der Waals surface area contributed by atoms with Gasteiger partial charge < -0.3 is 15.4 Å². The van der Waals surface area contributed by atoms with Crippen LogP contribution in [0.3, 0.4) is 0 Å². The maximum Gasteiger partial charge on any atom is 0.358 e. The number of carbonyl (C=O) groups is 1. The van der Waals surface area contributed by atoms with Crippen LogP contribution in [-0.2, 0) is 5.54 Å². The second-order valence-electron chi connectivity index (χ2n) is 3.10. The van der Waals surface area contributed by atoms with Crippen molar-refractivity contribution in [2.45, 2.75) is 19.4 Å². The first-order valence-electron chi connectivity index (χ1n) is 3.40. The van der Waals surface area contributed by atoms with Crippen molar-refractivity contribution >= 4 is 18.4 Å². The van der Waals surface area contributed by atoms with E-state index in [2.05, 4.69) is 5.16 Å². The number of carboxylic acid groups (broad SMARTS) is 1. The first kappa shape index (κ1) is 11.9. The Morgan fingerprint density at radius 3 is 2.46 bits per heavy atom. The van der Waals surface area contributed by atoms with Gasteiger partial charge in [0.05, 0.1) is 5.54 Å². The summed E-state index contributed by atoms with van der Waals surface area (Å²) in [6.07, 6.45) is 0. The molecule has 0 radical (unpaired) electrons. The lowest BCUT2D eigenvalue weighted by atomic mass is 10.0. The molecule has 0 aromatic carbocycles. The first-order chi connectivity index (χ1) is 5.41. The topological polar surface area (TPSA) is 89.4 Å². The number of aromatic carboxylic acids is 1. The predicted molar refractivity (Wildman–Crippen MR) is 47.9 cm³/mol. The molecule has 0 saturated heterocycles. The van der Waals surface area contributed by atoms with Gasteiger partial charge in [-0.15, -0.1) is 12.4 Å². The van der Waals surface area contributed by atoms with E-state index in [0.29, 0.717) is 5.76 Å². The zero-order chi connectivity index (χ0) is 9.35. The van der Waals surface area contributed by atoms with E-state index >= 15 is 0 Å². The molecule has 3 N–H and O–H groups in total. The van der Waals surface area contributed by atoms with Crippen molar-refractivity contribution in [2.24, 2.45) is 5.73 Å². The Hall–Kier alpha value is -1.07. The van der Waals surface area contributed by atoms with Crippen molar-refractivity contribution in [3.05, 3.63) is 17.5 Å². The van der Waals surface area contributed by atoms with E-state index in [1.165, 1.54) is 6.07 Å². The van der Waals surface area contributed by atoms with Gasteiger partial charge in [-0.3, -0.25) is 0 Å². The molecule has 0 aliphatic rings. The van der Waals surface area contributed by atoms with Crippen LogP contribution in [0.25, 0.3) is 0 Å². The summed E-state index contributed by atoms with van der Waals surface area (Å²) in [5, 5.41) is 11.8. The summed E-state index contributed by atoms with van der Waals surface area (Å²) in [5.74, 6) is -0.755. The van der Waals surface area contributed by atoms with E-state index in [0.717, 1.165) is 0 Å². The van der Waals surface area contributed by atoms with Crippen LogP contribution in [-0.4, -0.2) is 16.2 Å². The number of aromatic nitrogens is 1. The van der Waals surface area contributed by atoms with Gasteiger partial charge in [0.1, 0.15) is 0 Å². The molecule has 0 aliphatic heterocycles. The molecule has 0 bridgehead atoms. The van der Waals surface area contributed by atoms with Crippen molar-refractivity contribution in [2.75, 3.05) is 0 Å². The lowest BCUT2D eigenvalue weighted by molar-refractivity contribution is 0.0685. The molecule has 1 heterocycles. The predicted octanol–water partition coefficient (Wildman–Crippen LogP) is 0.988. The van der Waals surface area contributed by atoms with Gasteiger partial charge in [0.15, 0.2) is 11.5 Å². The molecule has 0 amide bonds. The highest BCUT2D eigenvalue weighted by atomic mass is 35.5. The summed E-state index contributed by atoms with van der Waals surface area (Å²) in [7, 11) is 0.